The molecule has 4 heteroatoms. The number of esters is 1. The van der Waals surface area contributed by atoms with Crippen molar-refractivity contribution >= 4 is 11.9 Å². The summed E-state index contributed by atoms with van der Waals surface area (Å²) in [5.74, 6) is -0.117. The van der Waals surface area contributed by atoms with Gasteiger partial charge in [0.25, 0.3) is 0 Å². The predicted molar refractivity (Wildman–Crippen MR) is 76.7 cm³/mol. The van der Waals surface area contributed by atoms with E-state index in [0.29, 0.717) is 0 Å². The van der Waals surface area contributed by atoms with E-state index >= 15 is 0 Å². The summed E-state index contributed by atoms with van der Waals surface area (Å²) in [6.45, 7) is 11.4. The Bertz CT molecular complexity index is 300. The van der Waals surface area contributed by atoms with Gasteiger partial charge in [-0.25, -0.2) is 0 Å². The van der Waals surface area contributed by atoms with Gasteiger partial charge in [-0.2, -0.15) is 0 Å². The largest absolute Gasteiger partial charge is 0.463 e. The van der Waals surface area contributed by atoms with Crippen LogP contribution < -0.4 is 0 Å². The zero-order chi connectivity index (χ0) is 15.2. The second kappa shape index (κ2) is 8.18. The zero-order valence-electron chi connectivity index (χ0n) is 13.4. The van der Waals surface area contributed by atoms with Crippen LogP contribution in [0.4, 0.5) is 0 Å². The van der Waals surface area contributed by atoms with Crippen molar-refractivity contribution in [1.82, 2.24) is 4.90 Å². The minimum atomic E-state index is -0.153. The highest BCUT2D eigenvalue weighted by Gasteiger charge is 2.21. The Hall–Kier alpha value is -1.06. The van der Waals surface area contributed by atoms with Gasteiger partial charge in [0.05, 0.1) is 12.0 Å². The SMILES string of the molecule is CC(C)OC(=O)C(C)CCC(C)N(C)C(=O)C(C)C. The first kappa shape index (κ1) is 17.9. The van der Waals surface area contributed by atoms with Gasteiger partial charge in [-0.05, 0) is 33.6 Å². The highest BCUT2D eigenvalue weighted by molar-refractivity contribution is 5.78. The maximum absolute atomic E-state index is 11.8. The molecule has 2 unspecified atom stereocenters. The summed E-state index contributed by atoms with van der Waals surface area (Å²) in [6.07, 6.45) is 1.48. The van der Waals surface area contributed by atoms with Crippen LogP contribution in [0.15, 0.2) is 0 Å². The van der Waals surface area contributed by atoms with Crippen molar-refractivity contribution in [2.24, 2.45) is 11.8 Å². The number of carbonyl (C=O) groups excluding carboxylic acids is 2. The summed E-state index contributed by atoms with van der Waals surface area (Å²) >= 11 is 0. The number of hydrogen-bond donors (Lipinski definition) is 0. The first-order chi connectivity index (χ1) is 8.66. The topological polar surface area (TPSA) is 46.6 Å². The van der Waals surface area contributed by atoms with E-state index in [1.54, 1.807) is 4.90 Å². The van der Waals surface area contributed by atoms with Gasteiger partial charge in [0, 0.05) is 19.0 Å². The van der Waals surface area contributed by atoms with Gasteiger partial charge in [-0.1, -0.05) is 20.8 Å². The molecule has 0 heterocycles. The van der Waals surface area contributed by atoms with Crippen molar-refractivity contribution in [3.8, 4) is 0 Å². The summed E-state index contributed by atoms with van der Waals surface area (Å²) < 4.78 is 5.17. The summed E-state index contributed by atoms with van der Waals surface area (Å²) in [5.41, 5.74) is 0. The molecule has 0 fully saturated rings. The zero-order valence-corrected chi connectivity index (χ0v) is 13.4. The van der Waals surface area contributed by atoms with E-state index < -0.39 is 0 Å². The Labute approximate surface area is 117 Å². The Balaban J connectivity index is 4.18. The smallest absolute Gasteiger partial charge is 0.308 e. The van der Waals surface area contributed by atoms with E-state index in [0.717, 1.165) is 12.8 Å². The van der Waals surface area contributed by atoms with Crippen LogP contribution in [0, 0.1) is 11.8 Å². The van der Waals surface area contributed by atoms with Gasteiger partial charge in [0.1, 0.15) is 0 Å². The van der Waals surface area contributed by atoms with Gasteiger partial charge in [-0.15, -0.1) is 0 Å². The average molecular weight is 271 g/mol. The summed E-state index contributed by atoms with van der Waals surface area (Å²) in [5, 5.41) is 0. The van der Waals surface area contributed by atoms with Crippen LogP contribution in [0.1, 0.15) is 54.4 Å². The van der Waals surface area contributed by atoms with Crippen molar-refractivity contribution in [3.05, 3.63) is 0 Å². The molecule has 0 aliphatic rings. The van der Waals surface area contributed by atoms with Crippen LogP contribution in [0.3, 0.4) is 0 Å². The van der Waals surface area contributed by atoms with Crippen LogP contribution in [0.5, 0.6) is 0 Å². The Morgan fingerprint density at radius 2 is 1.53 bits per heavy atom. The van der Waals surface area contributed by atoms with E-state index in [1.807, 2.05) is 48.6 Å². The fraction of sp³-hybridized carbons (Fsp3) is 0.867. The highest BCUT2D eigenvalue weighted by atomic mass is 16.5. The minimum absolute atomic E-state index is 0.00998. The molecule has 19 heavy (non-hydrogen) atoms. The van der Waals surface area contributed by atoms with Gasteiger partial charge in [0.2, 0.25) is 5.91 Å². The molecule has 0 saturated heterocycles. The molecule has 0 aromatic heterocycles. The maximum atomic E-state index is 11.8. The third kappa shape index (κ3) is 6.60. The molecule has 0 aromatic carbocycles. The Morgan fingerprint density at radius 3 is 1.95 bits per heavy atom. The third-order valence-corrected chi connectivity index (χ3v) is 3.27. The fourth-order valence-corrected chi connectivity index (χ4v) is 1.78. The van der Waals surface area contributed by atoms with E-state index in [4.69, 9.17) is 4.74 Å². The third-order valence-electron chi connectivity index (χ3n) is 3.27. The van der Waals surface area contributed by atoms with Crippen molar-refractivity contribution in [2.75, 3.05) is 7.05 Å². The second-order valence-corrected chi connectivity index (χ2v) is 5.92. The molecule has 0 saturated carbocycles. The van der Waals surface area contributed by atoms with Gasteiger partial charge in [0.15, 0.2) is 0 Å². The van der Waals surface area contributed by atoms with Crippen LogP contribution in [0.2, 0.25) is 0 Å². The first-order valence-corrected chi connectivity index (χ1v) is 7.14. The molecular weight excluding hydrogens is 242 g/mol. The Morgan fingerprint density at radius 1 is 1.00 bits per heavy atom. The number of carbonyl (C=O) groups is 2. The second-order valence-electron chi connectivity index (χ2n) is 5.92. The molecule has 0 N–H and O–H groups in total. The summed E-state index contributed by atoms with van der Waals surface area (Å²) in [4.78, 5) is 25.3. The van der Waals surface area contributed by atoms with Crippen LogP contribution in [-0.2, 0) is 14.3 Å². The molecule has 0 bridgehead atoms. The van der Waals surface area contributed by atoms with E-state index in [2.05, 4.69) is 0 Å². The van der Waals surface area contributed by atoms with E-state index in [1.165, 1.54) is 0 Å². The Kier molecular flexibility index (Phi) is 7.72. The maximum Gasteiger partial charge on any atom is 0.308 e. The normalized spacial score (nSPS) is 14.4. The number of rotatable bonds is 7. The van der Waals surface area contributed by atoms with Crippen LogP contribution in [-0.4, -0.2) is 36.0 Å². The van der Waals surface area contributed by atoms with E-state index in [9.17, 15) is 9.59 Å². The van der Waals surface area contributed by atoms with Crippen molar-refractivity contribution in [1.29, 1.82) is 0 Å². The lowest BCUT2D eigenvalue weighted by atomic mass is 10.0. The molecule has 0 aliphatic carbocycles. The van der Waals surface area contributed by atoms with Crippen LogP contribution >= 0.6 is 0 Å². The minimum Gasteiger partial charge on any atom is -0.463 e. The lowest BCUT2D eigenvalue weighted by Crippen LogP contribution is -2.38. The number of hydrogen-bond acceptors (Lipinski definition) is 3. The first-order valence-electron chi connectivity index (χ1n) is 7.14. The number of ether oxygens (including phenoxy) is 1. The van der Waals surface area contributed by atoms with E-state index in [-0.39, 0.29) is 35.9 Å². The fourth-order valence-electron chi connectivity index (χ4n) is 1.78. The van der Waals surface area contributed by atoms with Crippen molar-refractivity contribution < 1.29 is 14.3 Å². The number of nitrogens with zero attached hydrogens (tertiary/aromatic N) is 1. The van der Waals surface area contributed by atoms with Crippen molar-refractivity contribution in [3.63, 3.8) is 0 Å². The lowest BCUT2D eigenvalue weighted by Gasteiger charge is -2.27. The monoisotopic (exact) mass is 271 g/mol. The van der Waals surface area contributed by atoms with Crippen LogP contribution in [0.25, 0.3) is 0 Å². The summed E-state index contributed by atoms with van der Waals surface area (Å²) in [6, 6.07) is 0.143. The molecule has 0 aliphatic heterocycles. The average Bonchev–Trinajstić information content (AvgIpc) is 2.32. The van der Waals surface area contributed by atoms with Gasteiger partial charge < -0.3 is 9.64 Å². The predicted octanol–water partition coefficient (Wildman–Crippen LogP) is 2.86. The molecule has 0 radical (unpaired) electrons. The molecule has 0 spiro atoms. The van der Waals surface area contributed by atoms with Gasteiger partial charge in [-0.3, -0.25) is 9.59 Å². The molecule has 0 aromatic rings. The van der Waals surface area contributed by atoms with Gasteiger partial charge >= 0.3 is 5.97 Å². The molecule has 2 atom stereocenters. The standard InChI is InChI=1S/C15H29NO3/c1-10(2)14(17)16(7)13(6)9-8-12(5)15(18)19-11(3)4/h10-13H,8-9H2,1-7H3. The number of amides is 1. The molecule has 0 rings (SSSR count). The molecule has 1 amide bonds. The molecule has 112 valence electrons. The lowest BCUT2D eigenvalue weighted by molar-refractivity contribution is -0.152. The quantitative estimate of drug-likeness (QED) is 0.669. The highest BCUT2D eigenvalue weighted by Crippen LogP contribution is 2.15. The van der Waals surface area contributed by atoms with Crippen molar-refractivity contribution in [2.45, 2.75) is 66.5 Å². The molecule has 4 nitrogen and oxygen atoms in total. The summed E-state index contributed by atoms with van der Waals surface area (Å²) in [7, 11) is 1.82. The molecular formula is C15H29NO3.